The molecule has 0 atom stereocenters. The van der Waals surface area contributed by atoms with Crippen molar-refractivity contribution in [3.05, 3.63) is 57.4 Å². The minimum Gasteiger partial charge on any atom is -0.323 e. The van der Waals surface area contributed by atoms with Gasteiger partial charge >= 0.3 is 0 Å². The van der Waals surface area contributed by atoms with E-state index < -0.39 is 0 Å². The molecule has 0 unspecified atom stereocenters. The van der Waals surface area contributed by atoms with Gasteiger partial charge in [0, 0.05) is 0 Å². The summed E-state index contributed by atoms with van der Waals surface area (Å²) in [6.07, 6.45) is 0. The number of H-pyrrole nitrogens is 1. The zero-order chi connectivity index (χ0) is 14.7. The zero-order valence-corrected chi connectivity index (χ0v) is 12.2. The van der Waals surface area contributed by atoms with E-state index in [-0.39, 0.29) is 5.56 Å². The van der Waals surface area contributed by atoms with Crippen molar-refractivity contribution in [1.82, 2.24) is 14.4 Å². The van der Waals surface area contributed by atoms with Crippen LogP contribution in [0.3, 0.4) is 0 Å². The van der Waals surface area contributed by atoms with Crippen molar-refractivity contribution in [1.29, 1.82) is 0 Å². The molecule has 0 saturated carbocycles. The third kappa shape index (κ3) is 1.62. The molecule has 0 radical (unpaired) electrons. The summed E-state index contributed by atoms with van der Waals surface area (Å²) >= 11 is 0. The van der Waals surface area contributed by atoms with Crippen LogP contribution >= 0.6 is 0 Å². The number of hydrogen-bond acceptors (Lipinski definition) is 2. The molecule has 21 heavy (non-hydrogen) atoms. The molecule has 4 nitrogen and oxygen atoms in total. The first-order valence-electron chi connectivity index (χ1n) is 6.96. The van der Waals surface area contributed by atoms with E-state index in [1.54, 1.807) is 4.40 Å². The summed E-state index contributed by atoms with van der Waals surface area (Å²) in [5, 5.41) is 0.650. The topological polar surface area (TPSA) is 50.2 Å². The molecule has 4 rings (SSSR count). The Bertz CT molecular complexity index is 1090. The first-order valence-corrected chi connectivity index (χ1v) is 6.96. The zero-order valence-electron chi connectivity index (χ0n) is 12.2. The van der Waals surface area contributed by atoms with Crippen LogP contribution in [0.5, 0.6) is 0 Å². The number of nitrogens with one attached hydrogen (secondary N) is 1. The molecule has 0 aliphatic heterocycles. The van der Waals surface area contributed by atoms with Gasteiger partial charge in [-0.3, -0.25) is 4.79 Å². The molecule has 0 aliphatic rings. The van der Waals surface area contributed by atoms with Crippen LogP contribution in [0, 0.1) is 20.8 Å². The van der Waals surface area contributed by atoms with Gasteiger partial charge in [0.05, 0.1) is 21.9 Å². The highest BCUT2D eigenvalue weighted by Crippen LogP contribution is 2.20. The minimum absolute atomic E-state index is 0.0236. The predicted molar refractivity (Wildman–Crippen MR) is 85.0 cm³/mol. The summed E-state index contributed by atoms with van der Waals surface area (Å²) in [4.78, 5) is 20.6. The molecular weight excluding hydrogens is 262 g/mol. The van der Waals surface area contributed by atoms with Crippen molar-refractivity contribution in [2.45, 2.75) is 20.8 Å². The summed E-state index contributed by atoms with van der Waals surface area (Å²) in [5.41, 5.74) is 6.00. The largest absolute Gasteiger partial charge is 0.323 e. The Labute approximate surface area is 121 Å². The number of fused-ring (bicyclic) bond motifs is 4. The van der Waals surface area contributed by atoms with E-state index in [2.05, 4.69) is 29.9 Å². The van der Waals surface area contributed by atoms with Crippen molar-refractivity contribution in [2.24, 2.45) is 0 Å². The lowest BCUT2D eigenvalue weighted by molar-refractivity contribution is 1.12. The summed E-state index contributed by atoms with van der Waals surface area (Å²) in [6.45, 7) is 6.12. The van der Waals surface area contributed by atoms with Gasteiger partial charge < -0.3 is 4.98 Å². The van der Waals surface area contributed by atoms with E-state index in [1.165, 1.54) is 11.1 Å². The number of rotatable bonds is 0. The van der Waals surface area contributed by atoms with Crippen LogP contribution in [0.2, 0.25) is 0 Å². The molecule has 0 fully saturated rings. The molecule has 1 N–H and O–H groups in total. The Morgan fingerprint density at radius 1 is 1.05 bits per heavy atom. The quantitative estimate of drug-likeness (QED) is 0.536. The second-order valence-electron chi connectivity index (χ2n) is 5.68. The summed E-state index contributed by atoms with van der Waals surface area (Å²) in [5.74, 6) is 0.595. The SMILES string of the molecule is Cc1ccc2c(=O)n3c(nc2c1)[nH]c1cc(C)c(C)cc13. The number of aromatic nitrogens is 3. The van der Waals surface area contributed by atoms with Gasteiger partial charge in [-0.2, -0.15) is 0 Å². The monoisotopic (exact) mass is 277 g/mol. The molecule has 2 aromatic carbocycles. The maximum Gasteiger partial charge on any atom is 0.267 e. The average molecular weight is 277 g/mol. The van der Waals surface area contributed by atoms with Crippen LogP contribution in [0.1, 0.15) is 16.7 Å². The van der Waals surface area contributed by atoms with Crippen LogP contribution in [0.15, 0.2) is 35.1 Å². The van der Waals surface area contributed by atoms with E-state index in [4.69, 9.17) is 0 Å². The Morgan fingerprint density at radius 3 is 2.62 bits per heavy atom. The summed E-state index contributed by atoms with van der Waals surface area (Å²) in [6, 6.07) is 9.85. The maximum atomic E-state index is 12.8. The Balaban J connectivity index is 2.28. The molecule has 2 heterocycles. The molecule has 0 saturated heterocycles. The molecule has 0 amide bonds. The van der Waals surface area contributed by atoms with E-state index in [0.717, 1.165) is 22.1 Å². The summed E-state index contributed by atoms with van der Waals surface area (Å²) < 4.78 is 1.67. The third-order valence-electron chi connectivity index (χ3n) is 4.12. The number of imidazole rings is 1. The molecular formula is C17H15N3O. The van der Waals surface area contributed by atoms with Gasteiger partial charge in [-0.05, 0) is 61.7 Å². The van der Waals surface area contributed by atoms with E-state index >= 15 is 0 Å². The van der Waals surface area contributed by atoms with Gasteiger partial charge in [-0.25, -0.2) is 9.38 Å². The lowest BCUT2D eigenvalue weighted by atomic mass is 10.1. The highest BCUT2D eigenvalue weighted by atomic mass is 16.1. The van der Waals surface area contributed by atoms with Crippen LogP contribution < -0.4 is 5.56 Å². The number of hydrogen-bond donors (Lipinski definition) is 1. The van der Waals surface area contributed by atoms with Crippen LogP contribution in [0.4, 0.5) is 0 Å². The van der Waals surface area contributed by atoms with Crippen LogP contribution in [-0.4, -0.2) is 14.4 Å². The fourth-order valence-corrected chi connectivity index (χ4v) is 2.81. The van der Waals surface area contributed by atoms with Gasteiger partial charge in [0.1, 0.15) is 0 Å². The summed E-state index contributed by atoms with van der Waals surface area (Å²) in [7, 11) is 0. The van der Waals surface area contributed by atoms with Gasteiger partial charge in [-0.1, -0.05) is 6.07 Å². The molecule has 104 valence electrons. The lowest BCUT2D eigenvalue weighted by Gasteiger charge is -2.02. The maximum absolute atomic E-state index is 12.8. The van der Waals surface area contributed by atoms with E-state index in [0.29, 0.717) is 11.2 Å². The molecule has 0 aliphatic carbocycles. The number of aromatic amines is 1. The van der Waals surface area contributed by atoms with Crippen molar-refractivity contribution in [2.75, 3.05) is 0 Å². The van der Waals surface area contributed by atoms with Crippen molar-refractivity contribution < 1.29 is 0 Å². The normalized spacial score (nSPS) is 11.8. The standard InChI is InChI=1S/C17H15N3O/c1-9-4-5-12-13(6-9)18-17-19-14-7-10(2)11(3)8-15(14)20(17)16(12)21/h4-8H,1-3H3,(H,18,19). The van der Waals surface area contributed by atoms with Gasteiger partial charge in [-0.15, -0.1) is 0 Å². The third-order valence-corrected chi connectivity index (χ3v) is 4.12. The van der Waals surface area contributed by atoms with Gasteiger partial charge in [0.2, 0.25) is 5.78 Å². The fraction of sp³-hybridized carbons (Fsp3) is 0.176. The van der Waals surface area contributed by atoms with Gasteiger partial charge in [0.25, 0.3) is 5.56 Å². The molecule has 2 aromatic heterocycles. The lowest BCUT2D eigenvalue weighted by Crippen LogP contribution is -2.14. The molecule has 4 aromatic rings. The molecule has 4 heteroatoms. The molecule has 0 spiro atoms. The van der Waals surface area contributed by atoms with Crippen molar-refractivity contribution in [3.63, 3.8) is 0 Å². The number of benzene rings is 2. The fourth-order valence-electron chi connectivity index (χ4n) is 2.81. The van der Waals surface area contributed by atoms with Crippen molar-refractivity contribution in [3.8, 4) is 0 Å². The van der Waals surface area contributed by atoms with Crippen LogP contribution in [-0.2, 0) is 0 Å². The Morgan fingerprint density at radius 2 is 1.81 bits per heavy atom. The Hall–Kier alpha value is -2.62. The number of nitrogens with zero attached hydrogens (tertiary/aromatic N) is 2. The minimum atomic E-state index is -0.0236. The first-order chi connectivity index (χ1) is 10.0. The first kappa shape index (κ1) is 12.1. The second kappa shape index (κ2) is 3.95. The number of aryl methyl sites for hydroxylation is 3. The average Bonchev–Trinajstić information content (AvgIpc) is 2.76. The van der Waals surface area contributed by atoms with Crippen LogP contribution in [0.25, 0.3) is 27.7 Å². The van der Waals surface area contributed by atoms with Crippen molar-refractivity contribution >= 4 is 27.7 Å². The highest BCUT2D eigenvalue weighted by Gasteiger charge is 2.11. The smallest absolute Gasteiger partial charge is 0.267 e. The second-order valence-corrected chi connectivity index (χ2v) is 5.68. The Kier molecular flexibility index (Phi) is 2.28. The predicted octanol–water partition coefficient (Wildman–Crippen LogP) is 3.25. The highest BCUT2D eigenvalue weighted by molar-refractivity contribution is 5.86. The van der Waals surface area contributed by atoms with E-state index in [1.807, 2.05) is 31.2 Å². The molecule has 0 bridgehead atoms. The van der Waals surface area contributed by atoms with Gasteiger partial charge in [0.15, 0.2) is 0 Å². The van der Waals surface area contributed by atoms with E-state index in [9.17, 15) is 4.79 Å².